The number of aromatic nitrogens is 2. The van der Waals surface area contributed by atoms with Crippen molar-refractivity contribution in [3.05, 3.63) is 35.5 Å². The zero-order valence-electron chi connectivity index (χ0n) is 9.60. The van der Waals surface area contributed by atoms with Crippen LogP contribution in [-0.2, 0) is 0 Å². The van der Waals surface area contributed by atoms with Crippen LogP contribution in [0.25, 0.3) is 11.4 Å². The van der Waals surface area contributed by atoms with E-state index in [1.54, 1.807) is 24.4 Å². The highest BCUT2D eigenvalue weighted by Crippen LogP contribution is 2.29. The van der Waals surface area contributed by atoms with Crippen LogP contribution in [-0.4, -0.2) is 28.2 Å². The van der Waals surface area contributed by atoms with E-state index in [1.807, 2.05) is 0 Å². The number of nitrogens with two attached hydrogens (primary N) is 1. The predicted octanol–water partition coefficient (Wildman–Crippen LogP) is 1.87. The van der Waals surface area contributed by atoms with Crippen LogP contribution in [0.1, 0.15) is 0 Å². The molecule has 0 saturated carbocycles. The summed E-state index contributed by atoms with van der Waals surface area (Å²) in [5, 5.41) is 13.3. The molecule has 2 aromatic rings. The number of rotatable bonds is 4. The minimum absolute atomic E-state index is 0.0929. The normalized spacial score (nSPS) is 10.3. The predicted molar refractivity (Wildman–Crippen MR) is 71.7 cm³/mol. The molecular formula is C12H13ClN4O. The van der Waals surface area contributed by atoms with Crippen LogP contribution in [0.3, 0.4) is 0 Å². The number of phenols is 1. The number of benzene rings is 1. The van der Waals surface area contributed by atoms with Crippen LogP contribution in [0.4, 0.5) is 5.82 Å². The molecule has 0 amide bonds. The van der Waals surface area contributed by atoms with Crippen molar-refractivity contribution in [1.29, 1.82) is 0 Å². The lowest BCUT2D eigenvalue weighted by Gasteiger charge is -2.07. The second-order valence-corrected chi connectivity index (χ2v) is 4.08. The number of anilines is 1. The van der Waals surface area contributed by atoms with Crippen LogP contribution < -0.4 is 11.1 Å². The molecule has 18 heavy (non-hydrogen) atoms. The van der Waals surface area contributed by atoms with Gasteiger partial charge in [-0.15, -0.1) is 0 Å². The monoisotopic (exact) mass is 264 g/mol. The fraction of sp³-hybridized carbons (Fsp3) is 0.167. The summed E-state index contributed by atoms with van der Waals surface area (Å²) >= 11 is 5.89. The number of nitrogens with one attached hydrogen (secondary N) is 1. The number of hydrogen-bond acceptors (Lipinski definition) is 5. The minimum atomic E-state index is 0.0929. The Labute approximate surface area is 110 Å². The van der Waals surface area contributed by atoms with E-state index in [1.165, 1.54) is 6.07 Å². The van der Waals surface area contributed by atoms with E-state index in [0.29, 0.717) is 35.3 Å². The van der Waals surface area contributed by atoms with Gasteiger partial charge in [0.2, 0.25) is 0 Å². The van der Waals surface area contributed by atoms with Gasteiger partial charge in [-0.1, -0.05) is 11.6 Å². The Kier molecular flexibility index (Phi) is 3.96. The van der Waals surface area contributed by atoms with Crippen LogP contribution in [0, 0.1) is 0 Å². The van der Waals surface area contributed by atoms with Gasteiger partial charge in [0.05, 0.1) is 5.56 Å². The number of aromatic hydroxyl groups is 1. The Morgan fingerprint density at radius 1 is 1.33 bits per heavy atom. The highest BCUT2D eigenvalue weighted by molar-refractivity contribution is 6.30. The van der Waals surface area contributed by atoms with E-state index in [4.69, 9.17) is 17.3 Å². The average molecular weight is 265 g/mol. The molecule has 0 bridgehead atoms. The molecule has 6 heteroatoms. The highest BCUT2D eigenvalue weighted by atomic mass is 35.5. The van der Waals surface area contributed by atoms with Crippen molar-refractivity contribution in [3.8, 4) is 17.1 Å². The second kappa shape index (κ2) is 5.66. The molecule has 0 aliphatic heterocycles. The summed E-state index contributed by atoms with van der Waals surface area (Å²) in [7, 11) is 0. The van der Waals surface area contributed by atoms with Gasteiger partial charge in [0.15, 0.2) is 5.82 Å². The molecule has 0 aliphatic carbocycles. The number of halogens is 1. The fourth-order valence-electron chi connectivity index (χ4n) is 1.47. The lowest BCUT2D eigenvalue weighted by molar-refractivity contribution is 0.477. The van der Waals surface area contributed by atoms with Crippen LogP contribution in [0.2, 0.25) is 5.02 Å². The molecule has 0 fully saturated rings. The van der Waals surface area contributed by atoms with E-state index >= 15 is 0 Å². The van der Waals surface area contributed by atoms with E-state index in [9.17, 15) is 5.11 Å². The Morgan fingerprint density at radius 2 is 2.17 bits per heavy atom. The number of phenolic OH excluding ortho intramolecular Hbond substituents is 1. The highest BCUT2D eigenvalue weighted by Gasteiger charge is 2.08. The lowest BCUT2D eigenvalue weighted by atomic mass is 10.2. The zero-order valence-corrected chi connectivity index (χ0v) is 10.4. The van der Waals surface area contributed by atoms with Crippen molar-refractivity contribution in [2.45, 2.75) is 0 Å². The number of hydrogen-bond donors (Lipinski definition) is 3. The largest absolute Gasteiger partial charge is 0.507 e. The maximum atomic E-state index is 9.78. The Hall–Kier alpha value is -1.85. The molecule has 0 atom stereocenters. The molecule has 0 radical (unpaired) electrons. The molecule has 4 N–H and O–H groups in total. The van der Waals surface area contributed by atoms with Gasteiger partial charge in [0.25, 0.3) is 0 Å². The van der Waals surface area contributed by atoms with Crippen LogP contribution >= 0.6 is 11.6 Å². The van der Waals surface area contributed by atoms with Gasteiger partial charge in [0.1, 0.15) is 11.6 Å². The third-order valence-corrected chi connectivity index (χ3v) is 2.54. The minimum Gasteiger partial charge on any atom is -0.507 e. The SMILES string of the molecule is NCCNc1ccnc(-c2cc(Cl)ccc2O)n1. The van der Waals surface area contributed by atoms with Crippen molar-refractivity contribution in [1.82, 2.24) is 9.97 Å². The van der Waals surface area contributed by atoms with E-state index in [2.05, 4.69) is 15.3 Å². The second-order valence-electron chi connectivity index (χ2n) is 3.64. The molecule has 5 nitrogen and oxygen atoms in total. The van der Waals surface area contributed by atoms with Crippen LogP contribution in [0.15, 0.2) is 30.5 Å². The quantitative estimate of drug-likeness (QED) is 0.785. The van der Waals surface area contributed by atoms with Gasteiger partial charge in [-0.3, -0.25) is 0 Å². The summed E-state index contributed by atoms with van der Waals surface area (Å²) in [6, 6.07) is 6.48. The summed E-state index contributed by atoms with van der Waals surface area (Å²) in [5.74, 6) is 1.16. The first kappa shape index (κ1) is 12.6. The van der Waals surface area contributed by atoms with E-state index < -0.39 is 0 Å². The van der Waals surface area contributed by atoms with Crippen LogP contribution in [0.5, 0.6) is 5.75 Å². The van der Waals surface area contributed by atoms with Gasteiger partial charge >= 0.3 is 0 Å². The molecule has 1 aromatic heterocycles. The first-order valence-electron chi connectivity index (χ1n) is 5.46. The summed E-state index contributed by atoms with van der Waals surface area (Å²) < 4.78 is 0. The van der Waals surface area contributed by atoms with Gasteiger partial charge in [0, 0.05) is 24.3 Å². The Morgan fingerprint density at radius 3 is 2.94 bits per heavy atom. The fourth-order valence-corrected chi connectivity index (χ4v) is 1.65. The molecule has 94 valence electrons. The molecule has 1 heterocycles. The topological polar surface area (TPSA) is 84.1 Å². The molecule has 0 saturated heterocycles. The first-order valence-corrected chi connectivity index (χ1v) is 5.84. The zero-order chi connectivity index (χ0) is 13.0. The number of nitrogens with zero attached hydrogens (tertiary/aromatic N) is 2. The summed E-state index contributed by atoms with van der Waals surface area (Å²) in [6.07, 6.45) is 1.61. The van der Waals surface area contributed by atoms with Crippen molar-refractivity contribution < 1.29 is 5.11 Å². The molecule has 0 aliphatic rings. The van der Waals surface area contributed by atoms with Gasteiger partial charge in [-0.05, 0) is 24.3 Å². The van der Waals surface area contributed by atoms with Crippen molar-refractivity contribution >= 4 is 17.4 Å². The standard InChI is InChI=1S/C12H13ClN4O/c13-8-1-2-10(18)9(7-8)12-16-5-3-11(17-12)15-6-4-14/h1-3,5,7,18H,4,6,14H2,(H,15,16,17). The summed E-state index contributed by atoms with van der Waals surface area (Å²) in [6.45, 7) is 1.14. The maximum Gasteiger partial charge on any atom is 0.165 e. The van der Waals surface area contributed by atoms with Crippen molar-refractivity contribution in [2.24, 2.45) is 5.73 Å². The summed E-state index contributed by atoms with van der Waals surface area (Å²) in [4.78, 5) is 8.40. The van der Waals surface area contributed by atoms with Gasteiger partial charge in [-0.25, -0.2) is 9.97 Å². The molecule has 0 spiro atoms. The van der Waals surface area contributed by atoms with Crippen molar-refractivity contribution in [2.75, 3.05) is 18.4 Å². The first-order chi connectivity index (χ1) is 8.70. The molecule has 0 unspecified atom stereocenters. The molecule has 2 rings (SSSR count). The van der Waals surface area contributed by atoms with E-state index in [-0.39, 0.29) is 5.75 Å². The van der Waals surface area contributed by atoms with E-state index in [0.717, 1.165) is 0 Å². The molecule has 1 aromatic carbocycles. The van der Waals surface area contributed by atoms with Gasteiger partial charge < -0.3 is 16.2 Å². The Balaban J connectivity index is 2.35. The average Bonchev–Trinajstić information content (AvgIpc) is 2.39. The smallest absolute Gasteiger partial charge is 0.165 e. The third kappa shape index (κ3) is 2.88. The summed E-state index contributed by atoms with van der Waals surface area (Å²) in [5.41, 5.74) is 5.91. The van der Waals surface area contributed by atoms with Crippen molar-refractivity contribution in [3.63, 3.8) is 0 Å². The Bertz CT molecular complexity index is 547. The van der Waals surface area contributed by atoms with Gasteiger partial charge in [-0.2, -0.15) is 0 Å². The molecular weight excluding hydrogens is 252 g/mol. The lowest BCUT2D eigenvalue weighted by Crippen LogP contribution is -2.14. The third-order valence-electron chi connectivity index (χ3n) is 2.31. The maximum absolute atomic E-state index is 9.78.